The van der Waals surface area contributed by atoms with Crippen molar-refractivity contribution in [2.75, 3.05) is 12.4 Å². The number of benzene rings is 1. The summed E-state index contributed by atoms with van der Waals surface area (Å²) in [6.07, 6.45) is -5.09. The molecule has 1 N–H and O–H groups in total. The summed E-state index contributed by atoms with van der Waals surface area (Å²) in [5.41, 5.74) is -0.481. The fraction of sp³-hybridized carbons (Fsp3) is 0.500. The first-order valence-corrected chi connectivity index (χ1v) is 6.19. The number of rotatable bonds is 6. The van der Waals surface area contributed by atoms with Crippen molar-refractivity contribution in [2.24, 2.45) is 0 Å². The molecule has 1 unspecified atom stereocenters. The van der Waals surface area contributed by atoms with E-state index in [-0.39, 0.29) is 12.8 Å². The molecule has 1 aromatic rings. The lowest BCUT2D eigenvalue weighted by Crippen LogP contribution is -2.33. The number of nitrogens with zero attached hydrogens (tertiary/aromatic N) is 1. The van der Waals surface area contributed by atoms with E-state index >= 15 is 0 Å². The highest BCUT2D eigenvalue weighted by Gasteiger charge is 2.30. The second-order valence-corrected chi connectivity index (χ2v) is 4.74. The quantitative estimate of drug-likeness (QED) is 0.855. The molecule has 20 heavy (non-hydrogen) atoms. The molecule has 0 spiro atoms. The van der Waals surface area contributed by atoms with E-state index in [1.54, 1.807) is 31.2 Å². The van der Waals surface area contributed by atoms with Crippen LogP contribution < -0.4 is 10.1 Å². The molecule has 0 amide bonds. The molecule has 0 saturated carbocycles. The second-order valence-electron chi connectivity index (χ2n) is 4.74. The summed E-state index contributed by atoms with van der Waals surface area (Å²) in [6.45, 7) is 1.58. The Morgan fingerprint density at radius 2 is 1.90 bits per heavy atom. The summed E-state index contributed by atoms with van der Waals surface area (Å²) in [4.78, 5) is 0. The molecule has 0 fully saturated rings. The Balaban J connectivity index is 2.72. The smallest absolute Gasteiger partial charge is 0.389 e. The Bertz CT molecular complexity index is 482. The molecule has 1 rings (SSSR count). The third-order valence-corrected chi connectivity index (χ3v) is 2.90. The largest absolute Gasteiger partial charge is 0.495 e. The predicted octanol–water partition coefficient (Wildman–Crippen LogP) is 4.12. The van der Waals surface area contributed by atoms with Gasteiger partial charge in [0.05, 0.1) is 18.9 Å². The molecule has 0 aliphatic heterocycles. The molecule has 0 aromatic heterocycles. The van der Waals surface area contributed by atoms with Crippen molar-refractivity contribution in [3.63, 3.8) is 0 Å². The number of methoxy groups -OCH3 is 1. The molecule has 110 valence electrons. The van der Waals surface area contributed by atoms with Crippen LogP contribution in [0.3, 0.4) is 0 Å². The van der Waals surface area contributed by atoms with Crippen LogP contribution in [-0.4, -0.2) is 18.8 Å². The van der Waals surface area contributed by atoms with Gasteiger partial charge < -0.3 is 10.1 Å². The van der Waals surface area contributed by atoms with Crippen LogP contribution >= 0.6 is 0 Å². The van der Waals surface area contributed by atoms with E-state index in [2.05, 4.69) is 5.32 Å². The number of ether oxygens (including phenoxy) is 1. The average molecular weight is 286 g/mol. The Morgan fingerprint density at radius 1 is 1.25 bits per heavy atom. The Kier molecular flexibility index (Phi) is 5.26. The monoisotopic (exact) mass is 286 g/mol. The normalized spacial score (nSPS) is 14.2. The van der Waals surface area contributed by atoms with Crippen molar-refractivity contribution in [3.8, 4) is 11.8 Å². The van der Waals surface area contributed by atoms with E-state index in [0.29, 0.717) is 11.4 Å². The Hall–Kier alpha value is -1.90. The summed E-state index contributed by atoms with van der Waals surface area (Å²) >= 11 is 0. The minimum absolute atomic E-state index is 0.0983. The van der Waals surface area contributed by atoms with E-state index in [9.17, 15) is 18.4 Å². The Labute approximate surface area is 116 Å². The maximum atomic E-state index is 12.2. The number of hydrogen-bond acceptors (Lipinski definition) is 3. The van der Waals surface area contributed by atoms with Crippen LogP contribution in [0.1, 0.15) is 26.2 Å². The summed E-state index contributed by atoms with van der Waals surface area (Å²) in [7, 11) is 1.49. The van der Waals surface area contributed by atoms with Crippen LogP contribution in [0.2, 0.25) is 0 Å². The molecular formula is C14H17F3N2O. The van der Waals surface area contributed by atoms with Gasteiger partial charge in [-0.2, -0.15) is 18.4 Å². The zero-order chi connectivity index (χ0) is 15.2. The van der Waals surface area contributed by atoms with Crippen molar-refractivity contribution >= 4 is 5.69 Å². The fourth-order valence-electron chi connectivity index (χ4n) is 1.83. The zero-order valence-corrected chi connectivity index (χ0v) is 11.4. The zero-order valence-electron chi connectivity index (χ0n) is 11.4. The molecule has 0 aliphatic rings. The topological polar surface area (TPSA) is 45.0 Å². The molecule has 6 heteroatoms. The number of anilines is 1. The third-order valence-electron chi connectivity index (χ3n) is 2.90. The molecule has 0 saturated heterocycles. The van der Waals surface area contributed by atoms with Gasteiger partial charge >= 0.3 is 6.18 Å². The molecular weight excluding hydrogens is 269 g/mol. The van der Waals surface area contributed by atoms with Gasteiger partial charge in [0, 0.05) is 6.42 Å². The van der Waals surface area contributed by atoms with Gasteiger partial charge in [-0.15, -0.1) is 0 Å². The van der Waals surface area contributed by atoms with Gasteiger partial charge in [0.15, 0.2) is 0 Å². The van der Waals surface area contributed by atoms with Crippen LogP contribution in [0.4, 0.5) is 18.9 Å². The first kappa shape index (κ1) is 16.2. The predicted molar refractivity (Wildman–Crippen MR) is 70.5 cm³/mol. The van der Waals surface area contributed by atoms with Gasteiger partial charge in [-0.05, 0) is 31.9 Å². The van der Waals surface area contributed by atoms with Crippen molar-refractivity contribution in [2.45, 2.75) is 37.9 Å². The third kappa shape index (κ3) is 5.00. The molecule has 1 atom stereocenters. The van der Waals surface area contributed by atoms with Crippen LogP contribution in [-0.2, 0) is 0 Å². The van der Waals surface area contributed by atoms with Crippen molar-refractivity contribution < 1.29 is 17.9 Å². The van der Waals surface area contributed by atoms with Gasteiger partial charge in [0.1, 0.15) is 11.3 Å². The number of alkyl halides is 3. The lowest BCUT2D eigenvalue weighted by atomic mass is 9.96. The molecule has 0 bridgehead atoms. The van der Waals surface area contributed by atoms with Crippen LogP contribution in [0.25, 0.3) is 0 Å². The summed E-state index contributed by atoms with van der Waals surface area (Å²) in [5.74, 6) is 0.546. The van der Waals surface area contributed by atoms with E-state index in [4.69, 9.17) is 4.74 Å². The SMILES string of the molecule is COc1ccccc1NC(C)(C#N)CCCC(F)(F)F. The lowest BCUT2D eigenvalue weighted by molar-refractivity contribution is -0.135. The Morgan fingerprint density at radius 3 is 2.45 bits per heavy atom. The van der Waals surface area contributed by atoms with Crippen LogP contribution in [0, 0.1) is 11.3 Å². The van der Waals surface area contributed by atoms with Gasteiger partial charge in [0.25, 0.3) is 0 Å². The van der Waals surface area contributed by atoms with Crippen molar-refractivity contribution in [1.82, 2.24) is 0 Å². The highest BCUT2D eigenvalue weighted by molar-refractivity contribution is 5.58. The van der Waals surface area contributed by atoms with Crippen LogP contribution in [0.15, 0.2) is 24.3 Å². The fourth-order valence-corrected chi connectivity index (χ4v) is 1.83. The maximum absolute atomic E-state index is 12.2. The van der Waals surface area contributed by atoms with E-state index in [1.165, 1.54) is 7.11 Å². The molecule has 0 aliphatic carbocycles. The number of nitriles is 1. The number of halogens is 3. The number of nitrogens with one attached hydrogen (secondary N) is 1. The van der Waals surface area contributed by atoms with Gasteiger partial charge in [-0.3, -0.25) is 0 Å². The highest BCUT2D eigenvalue weighted by atomic mass is 19.4. The number of para-hydroxylation sites is 2. The van der Waals surface area contributed by atoms with Gasteiger partial charge in [-0.25, -0.2) is 0 Å². The molecule has 1 aromatic carbocycles. The first-order valence-electron chi connectivity index (χ1n) is 6.19. The molecule has 0 radical (unpaired) electrons. The standard InChI is InChI=1S/C14H17F3N2O/c1-13(10-18,8-5-9-14(15,16)17)19-11-6-3-4-7-12(11)20-2/h3-4,6-7,19H,5,8-9H2,1-2H3. The lowest BCUT2D eigenvalue weighted by Gasteiger charge is -2.25. The highest BCUT2D eigenvalue weighted by Crippen LogP contribution is 2.30. The van der Waals surface area contributed by atoms with E-state index in [0.717, 1.165) is 0 Å². The molecule has 3 nitrogen and oxygen atoms in total. The van der Waals surface area contributed by atoms with Crippen LogP contribution in [0.5, 0.6) is 5.75 Å². The maximum Gasteiger partial charge on any atom is 0.389 e. The summed E-state index contributed by atoms with van der Waals surface area (Å²) in [5, 5.41) is 12.2. The summed E-state index contributed by atoms with van der Waals surface area (Å²) < 4.78 is 41.6. The second kappa shape index (κ2) is 6.51. The number of hydrogen-bond donors (Lipinski definition) is 1. The van der Waals surface area contributed by atoms with Crippen molar-refractivity contribution in [1.29, 1.82) is 5.26 Å². The van der Waals surface area contributed by atoms with Gasteiger partial charge in [-0.1, -0.05) is 12.1 Å². The minimum Gasteiger partial charge on any atom is -0.495 e. The first-order chi connectivity index (χ1) is 9.29. The van der Waals surface area contributed by atoms with Gasteiger partial charge in [0.2, 0.25) is 0 Å². The van der Waals surface area contributed by atoms with E-state index in [1.807, 2.05) is 6.07 Å². The summed E-state index contributed by atoms with van der Waals surface area (Å²) in [6, 6.07) is 9.01. The molecule has 0 heterocycles. The minimum atomic E-state index is -4.19. The van der Waals surface area contributed by atoms with E-state index < -0.39 is 18.1 Å². The van der Waals surface area contributed by atoms with Crippen molar-refractivity contribution in [3.05, 3.63) is 24.3 Å². The average Bonchev–Trinajstić information content (AvgIpc) is 2.38.